The zero-order valence-electron chi connectivity index (χ0n) is 14.2. The van der Waals surface area contributed by atoms with Gasteiger partial charge in [0.25, 0.3) is 0 Å². The summed E-state index contributed by atoms with van der Waals surface area (Å²) in [5.41, 5.74) is 0. The highest BCUT2D eigenvalue weighted by Crippen LogP contribution is 2.18. The Morgan fingerprint density at radius 2 is 1.78 bits per heavy atom. The molecule has 0 aliphatic carbocycles. The molecular weight excluding hydrogens is 300 g/mol. The zero-order chi connectivity index (χ0) is 16.8. The summed E-state index contributed by atoms with van der Waals surface area (Å²) >= 11 is 0. The van der Waals surface area contributed by atoms with Crippen LogP contribution in [0, 0.1) is 0 Å². The van der Waals surface area contributed by atoms with Crippen LogP contribution in [0.5, 0.6) is 0 Å². The lowest BCUT2D eigenvalue weighted by molar-refractivity contribution is -0.124. The predicted molar refractivity (Wildman–Crippen MR) is 83.9 cm³/mol. The van der Waals surface area contributed by atoms with Crippen LogP contribution in [0.15, 0.2) is 0 Å². The molecule has 0 aromatic heterocycles. The molecule has 2 aliphatic heterocycles. The largest absolute Gasteiger partial charge is 0.379 e. The molecule has 0 saturated carbocycles. The van der Waals surface area contributed by atoms with Crippen LogP contribution in [-0.2, 0) is 14.3 Å². The van der Waals surface area contributed by atoms with Crippen molar-refractivity contribution in [2.45, 2.75) is 39.3 Å². The van der Waals surface area contributed by atoms with Crippen molar-refractivity contribution < 1.29 is 19.1 Å². The molecule has 2 fully saturated rings. The smallest absolute Gasteiger partial charge is 0.356 e. The molecule has 23 heavy (non-hydrogen) atoms. The molecule has 131 valence electrons. The molecule has 2 rings (SSSR count). The number of urea groups is 1. The predicted octanol–water partition coefficient (Wildman–Crippen LogP) is 0.459. The first-order chi connectivity index (χ1) is 11.1. The average Bonchev–Trinajstić information content (AvgIpc) is 2.56. The van der Waals surface area contributed by atoms with E-state index in [9.17, 15) is 9.59 Å². The number of rotatable bonds is 5. The number of hydrogen-bond acceptors (Lipinski definition) is 6. The van der Waals surface area contributed by atoms with Gasteiger partial charge >= 0.3 is 12.4 Å². The third kappa shape index (κ3) is 4.20. The molecule has 0 N–H and O–H groups in total. The first-order valence-electron chi connectivity index (χ1n) is 8.28. The third-order valence-corrected chi connectivity index (χ3v) is 4.11. The average molecular weight is 327 g/mol. The number of imide groups is 1. The minimum Gasteiger partial charge on any atom is -0.379 e. The first kappa shape index (κ1) is 18.1. The van der Waals surface area contributed by atoms with Crippen molar-refractivity contribution in [3.63, 3.8) is 0 Å². The van der Waals surface area contributed by atoms with Crippen LogP contribution in [0.4, 0.5) is 4.79 Å². The van der Waals surface area contributed by atoms with E-state index in [1.807, 2.05) is 32.2 Å². The lowest BCUT2D eigenvalue weighted by atomic mass is 10.2. The van der Waals surface area contributed by atoms with Gasteiger partial charge in [0.15, 0.2) is 0 Å². The highest BCUT2D eigenvalue weighted by Gasteiger charge is 2.37. The van der Waals surface area contributed by atoms with Crippen molar-refractivity contribution in [3.05, 3.63) is 0 Å². The van der Waals surface area contributed by atoms with E-state index < -0.39 is 0 Å². The van der Waals surface area contributed by atoms with Gasteiger partial charge in [-0.1, -0.05) is 6.92 Å². The van der Waals surface area contributed by atoms with Crippen molar-refractivity contribution >= 4 is 12.4 Å². The topological polar surface area (TPSA) is 65.6 Å². The Balaban J connectivity index is 2.15. The number of morpholine rings is 2. The van der Waals surface area contributed by atoms with Gasteiger partial charge in [-0.25, -0.2) is 9.80 Å². The molecule has 3 amide bonds. The number of carbonyl (C=O) groups excluding carboxylic acids is 2. The maximum atomic E-state index is 13.0. The number of hydrazine groups is 2. The standard InChI is InChI=1S/C15H27N4O4/c1-4-5-17(16-6-8-22-9-7-16)15(21)18(12-20)19-13(2)10-23-11-14(19)3/h13-14H,4-11H2,1-3H3. The van der Waals surface area contributed by atoms with Crippen LogP contribution in [0.25, 0.3) is 0 Å². The van der Waals surface area contributed by atoms with Gasteiger partial charge in [-0.2, -0.15) is 10.0 Å². The van der Waals surface area contributed by atoms with E-state index in [0.717, 1.165) is 11.4 Å². The lowest BCUT2D eigenvalue weighted by Gasteiger charge is -2.45. The Morgan fingerprint density at radius 1 is 1.17 bits per heavy atom. The van der Waals surface area contributed by atoms with Gasteiger partial charge in [-0.3, -0.25) is 9.80 Å². The van der Waals surface area contributed by atoms with Crippen LogP contribution >= 0.6 is 0 Å². The highest BCUT2D eigenvalue weighted by molar-refractivity contribution is 5.84. The molecule has 2 saturated heterocycles. The quantitative estimate of drug-likeness (QED) is 0.684. The molecule has 0 bridgehead atoms. The van der Waals surface area contributed by atoms with Crippen LogP contribution in [0.3, 0.4) is 0 Å². The normalized spacial score (nSPS) is 26.7. The fourth-order valence-electron chi connectivity index (χ4n) is 3.05. The summed E-state index contributed by atoms with van der Waals surface area (Å²) < 4.78 is 10.8. The molecule has 0 aromatic carbocycles. The summed E-state index contributed by atoms with van der Waals surface area (Å²) in [7, 11) is 0. The third-order valence-electron chi connectivity index (χ3n) is 4.11. The van der Waals surface area contributed by atoms with Crippen LogP contribution in [-0.4, -0.2) is 90.6 Å². The molecule has 2 heterocycles. The summed E-state index contributed by atoms with van der Waals surface area (Å²) in [6, 6.07) is -0.473. The van der Waals surface area contributed by atoms with Crippen molar-refractivity contribution in [2.24, 2.45) is 0 Å². The zero-order valence-corrected chi connectivity index (χ0v) is 14.2. The van der Waals surface area contributed by atoms with Gasteiger partial charge in [0.1, 0.15) is 0 Å². The van der Waals surface area contributed by atoms with E-state index in [4.69, 9.17) is 9.47 Å². The minimum atomic E-state index is -0.357. The van der Waals surface area contributed by atoms with Crippen molar-refractivity contribution in [2.75, 3.05) is 46.1 Å². The number of carbonyl (C=O) groups is 1. The minimum absolute atomic E-state index is 0.0580. The number of amides is 3. The highest BCUT2D eigenvalue weighted by atomic mass is 16.5. The van der Waals surface area contributed by atoms with Crippen LogP contribution < -0.4 is 0 Å². The van der Waals surface area contributed by atoms with E-state index in [0.29, 0.717) is 46.1 Å². The van der Waals surface area contributed by atoms with E-state index >= 15 is 0 Å². The van der Waals surface area contributed by atoms with Crippen LogP contribution in [0.2, 0.25) is 0 Å². The summed E-state index contributed by atoms with van der Waals surface area (Å²) in [5, 5.41) is 6.45. The van der Waals surface area contributed by atoms with E-state index in [2.05, 4.69) is 0 Å². The van der Waals surface area contributed by atoms with Gasteiger partial charge in [-0.05, 0) is 20.3 Å². The summed E-state index contributed by atoms with van der Waals surface area (Å²) in [5.74, 6) is 0. The molecular formula is C15H27N4O4. The van der Waals surface area contributed by atoms with E-state index in [1.165, 1.54) is 0 Å². The van der Waals surface area contributed by atoms with E-state index in [-0.39, 0.29) is 18.1 Å². The molecule has 8 heteroatoms. The van der Waals surface area contributed by atoms with E-state index in [1.54, 1.807) is 10.0 Å². The Morgan fingerprint density at radius 3 is 2.30 bits per heavy atom. The lowest BCUT2D eigenvalue weighted by Crippen LogP contribution is -2.64. The van der Waals surface area contributed by atoms with Crippen molar-refractivity contribution in [1.29, 1.82) is 0 Å². The number of hydrogen-bond donors (Lipinski definition) is 0. The Hall–Kier alpha value is -1.22. The number of ether oxygens (including phenoxy) is 2. The Labute approximate surface area is 137 Å². The molecule has 2 aliphatic rings. The molecule has 2 unspecified atom stereocenters. The van der Waals surface area contributed by atoms with Crippen LogP contribution in [0.1, 0.15) is 27.2 Å². The summed E-state index contributed by atoms with van der Waals surface area (Å²) in [6.45, 7) is 9.88. The fourth-order valence-corrected chi connectivity index (χ4v) is 3.05. The maximum absolute atomic E-state index is 13.0. The summed E-state index contributed by atoms with van der Waals surface area (Å²) in [6.07, 6.45) is 2.62. The number of nitrogens with zero attached hydrogens (tertiary/aromatic N) is 4. The first-order valence-corrected chi connectivity index (χ1v) is 8.28. The molecule has 1 radical (unpaired) electrons. The molecule has 0 spiro atoms. The molecule has 0 aromatic rings. The maximum Gasteiger partial charge on any atom is 0.356 e. The Kier molecular flexibility index (Phi) is 6.76. The van der Waals surface area contributed by atoms with Gasteiger partial charge in [-0.15, -0.1) is 0 Å². The van der Waals surface area contributed by atoms with Gasteiger partial charge < -0.3 is 9.47 Å². The Bertz CT molecular complexity index is 393. The SMILES string of the molecule is CCCN(C(=O)N([C]=O)N1C(C)COCC1C)N1CCOCC1. The molecule has 2 atom stereocenters. The van der Waals surface area contributed by atoms with Gasteiger partial charge in [0.2, 0.25) is 0 Å². The second-order valence-corrected chi connectivity index (χ2v) is 5.99. The second kappa shape index (κ2) is 8.58. The monoisotopic (exact) mass is 327 g/mol. The van der Waals surface area contributed by atoms with Crippen molar-refractivity contribution in [1.82, 2.24) is 20.0 Å². The van der Waals surface area contributed by atoms with Crippen molar-refractivity contribution in [3.8, 4) is 0 Å². The second-order valence-electron chi connectivity index (χ2n) is 5.99. The fraction of sp³-hybridized carbons (Fsp3) is 0.867. The van der Waals surface area contributed by atoms with Gasteiger partial charge in [0, 0.05) is 19.6 Å². The van der Waals surface area contributed by atoms with Gasteiger partial charge in [0.05, 0.1) is 38.5 Å². The molecule has 8 nitrogen and oxygen atoms in total. The summed E-state index contributed by atoms with van der Waals surface area (Å²) in [4.78, 5) is 24.5.